The maximum absolute atomic E-state index is 11.6. The maximum Gasteiger partial charge on any atom is 0.196 e. The Hall–Kier alpha value is -1.05. The Labute approximate surface area is 85.2 Å². The average Bonchev–Trinajstić information content (AvgIpc) is 2.23. The number of hydrogen-bond donors (Lipinski definition) is 0. The zero-order valence-corrected chi connectivity index (χ0v) is 8.70. The molecule has 2 nitrogen and oxygen atoms in total. The normalized spacial score (nSPS) is 18.4. The van der Waals surface area contributed by atoms with Crippen LogP contribution in [0.2, 0.25) is 0 Å². The highest BCUT2D eigenvalue weighted by Gasteiger charge is 2.22. The van der Waals surface area contributed by atoms with E-state index in [0.717, 1.165) is 10.4 Å². The molecule has 1 aliphatic rings. The van der Waals surface area contributed by atoms with E-state index in [1.54, 1.807) is 6.20 Å². The van der Waals surface area contributed by atoms with Crippen molar-refractivity contribution >= 4 is 0 Å². The maximum atomic E-state index is 11.6. The highest BCUT2D eigenvalue weighted by molar-refractivity contribution is 5.14. The van der Waals surface area contributed by atoms with Crippen molar-refractivity contribution in [2.45, 2.75) is 44.9 Å². The minimum atomic E-state index is 0.501. The highest BCUT2D eigenvalue weighted by Crippen LogP contribution is 2.30. The SMILES string of the molecule is Cc1cc[n+]([O-])c(C2CCCCC2)c1. The van der Waals surface area contributed by atoms with Crippen LogP contribution in [0.4, 0.5) is 0 Å². The number of aryl methyl sites for hydroxylation is 1. The second-order valence-electron chi connectivity index (χ2n) is 4.29. The molecule has 0 atom stereocenters. The van der Waals surface area contributed by atoms with Crippen molar-refractivity contribution in [3.8, 4) is 0 Å². The zero-order chi connectivity index (χ0) is 9.97. The van der Waals surface area contributed by atoms with Crippen LogP contribution in [0.15, 0.2) is 18.3 Å². The van der Waals surface area contributed by atoms with Crippen molar-refractivity contribution < 1.29 is 4.73 Å². The average molecular weight is 191 g/mol. The fraction of sp³-hybridized carbons (Fsp3) is 0.583. The van der Waals surface area contributed by atoms with E-state index in [1.165, 1.54) is 37.7 Å². The van der Waals surface area contributed by atoms with Crippen molar-refractivity contribution in [3.05, 3.63) is 34.8 Å². The largest absolute Gasteiger partial charge is 0.618 e. The summed E-state index contributed by atoms with van der Waals surface area (Å²) in [6.07, 6.45) is 7.90. The third-order valence-electron chi connectivity index (χ3n) is 3.13. The number of aromatic nitrogens is 1. The zero-order valence-electron chi connectivity index (χ0n) is 8.70. The summed E-state index contributed by atoms with van der Waals surface area (Å²) in [6, 6.07) is 3.92. The fourth-order valence-corrected chi connectivity index (χ4v) is 2.31. The van der Waals surface area contributed by atoms with Gasteiger partial charge in [0.2, 0.25) is 0 Å². The lowest BCUT2D eigenvalue weighted by Crippen LogP contribution is -2.33. The minimum absolute atomic E-state index is 0.501. The number of hydrogen-bond acceptors (Lipinski definition) is 1. The first-order valence-electron chi connectivity index (χ1n) is 5.47. The van der Waals surface area contributed by atoms with Gasteiger partial charge in [0.15, 0.2) is 11.9 Å². The van der Waals surface area contributed by atoms with Crippen LogP contribution < -0.4 is 4.73 Å². The van der Waals surface area contributed by atoms with Gasteiger partial charge in [0.05, 0.1) is 0 Å². The summed E-state index contributed by atoms with van der Waals surface area (Å²) in [5.41, 5.74) is 2.17. The van der Waals surface area contributed by atoms with E-state index in [9.17, 15) is 5.21 Å². The van der Waals surface area contributed by atoms with Gasteiger partial charge in [-0.1, -0.05) is 19.3 Å². The van der Waals surface area contributed by atoms with Crippen molar-refractivity contribution in [1.29, 1.82) is 0 Å². The summed E-state index contributed by atoms with van der Waals surface area (Å²) in [4.78, 5) is 0. The third-order valence-corrected chi connectivity index (χ3v) is 3.13. The molecule has 1 aliphatic carbocycles. The summed E-state index contributed by atoms with van der Waals surface area (Å²) in [7, 11) is 0. The predicted octanol–water partition coefficient (Wildman–Crippen LogP) is 2.68. The summed E-state index contributed by atoms with van der Waals surface area (Å²) in [5.74, 6) is 0.501. The molecule has 1 heterocycles. The Morgan fingerprint density at radius 1 is 1.29 bits per heavy atom. The molecule has 0 radical (unpaired) electrons. The first kappa shape index (κ1) is 9.50. The van der Waals surface area contributed by atoms with Crippen LogP contribution in [-0.4, -0.2) is 0 Å². The predicted molar refractivity (Wildman–Crippen MR) is 56.0 cm³/mol. The molecule has 0 aliphatic heterocycles. The topological polar surface area (TPSA) is 26.9 Å². The molecule has 0 saturated heterocycles. The van der Waals surface area contributed by atoms with E-state index in [0.29, 0.717) is 5.92 Å². The number of pyridine rings is 1. The van der Waals surface area contributed by atoms with Crippen LogP contribution in [-0.2, 0) is 0 Å². The molecule has 2 heteroatoms. The Kier molecular flexibility index (Phi) is 2.71. The molecule has 0 amide bonds. The summed E-state index contributed by atoms with van der Waals surface area (Å²) in [6.45, 7) is 2.05. The van der Waals surface area contributed by atoms with Crippen molar-refractivity contribution in [3.63, 3.8) is 0 Å². The number of nitrogens with zero attached hydrogens (tertiary/aromatic N) is 1. The van der Waals surface area contributed by atoms with Crippen LogP contribution in [0.3, 0.4) is 0 Å². The summed E-state index contributed by atoms with van der Waals surface area (Å²) < 4.78 is 1.04. The molecule has 1 fully saturated rings. The quantitative estimate of drug-likeness (QED) is 0.495. The molecule has 1 saturated carbocycles. The molecule has 1 aromatic rings. The van der Waals surface area contributed by atoms with E-state index in [2.05, 4.69) is 0 Å². The van der Waals surface area contributed by atoms with Crippen LogP contribution in [0, 0.1) is 12.1 Å². The van der Waals surface area contributed by atoms with Gasteiger partial charge in [-0.3, -0.25) is 0 Å². The standard InChI is InChI=1S/C12H17NO/c1-10-7-8-13(14)12(9-10)11-5-3-2-4-6-11/h7-9,11H,2-6H2,1H3. The molecule has 14 heavy (non-hydrogen) atoms. The molecule has 0 bridgehead atoms. The van der Waals surface area contributed by atoms with E-state index in [1.807, 2.05) is 19.1 Å². The molecule has 1 aromatic heterocycles. The lowest BCUT2D eigenvalue weighted by molar-refractivity contribution is -0.616. The fourth-order valence-electron chi connectivity index (χ4n) is 2.31. The van der Waals surface area contributed by atoms with Gasteiger partial charge < -0.3 is 5.21 Å². The molecular weight excluding hydrogens is 174 g/mol. The van der Waals surface area contributed by atoms with Gasteiger partial charge in [-0.15, -0.1) is 0 Å². The van der Waals surface area contributed by atoms with E-state index >= 15 is 0 Å². The smallest absolute Gasteiger partial charge is 0.196 e. The van der Waals surface area contributed by atoms with Gasteiger partial charge >= 0.3 is 0 Å². The monoisotopic (exact) mass is 191 g/mol. The Balaban J connectivity index is 2.24. The Bertz CT molecular complexity index is 316. The second kappa shape index (κ2) is 3.99. The highest BCUT2D eigenvalue weighted by atomic mass is 16.5. The van der Waals surface area contributed by atoms with Crippen LogP contribution in [0.1, 0.15) is 49.3 Å². The lowest BCUT2D eigenvalue weighted by atomic mass is 9.86. The van der Waals surface area contributed by atoms with Crippen molar-refractivity contribution in [1.82, 2.24) is 0 Å². The molecule has 0 spiro atoms. The molecule has 0 N–H and O–H groups in total. The first-order valence-corrected chi connectivity index (χ1v) is 5.47. The lowest BCUT2D eigenvalue weighted by Gasteiger charge is -2.20. The third kappa shape index (κ3) is 1.89. The van der Waals surface area contributed by atoms with Crippen LogP contribution in [0.5, 0.6) is 0 Å². The molecule has 0 unspecified atom stereocenters. The van der Waals surface area contributed by atoms with Gasteiger partial charge in [0.25, 0.3) is 0 Å². The second-order valence-corrected chi connectivity index (χ2v) is 4.29. The number of rotatable bonds is 1. The van der Waals surface area contributed by atoms with Crippen molar-refractivity contribution in [2.75, 3.05) is 0 Å². The Morgan fingerprint density at radius 3 is 2.71 bits per heavy atom. The van der Waals surface area contributed by atoms with E-state index in [-0.39, 0.29) is 0 Å². The van der Waals surface area contributed by atoms with Gasteiger partial charge in [0, 0.05) is 18.1 Å². The minimum Gasteiger partial charge on any atom is -0.618 e. The summed E-state index contributed by atoms with van der Waals surface area (Å²) >= 11 is 0. The van der Waals surface area contributed by atoms with Crippen LogP contribution in [0.25, 0.3) is 0 Å². The Morgan fingerprint density at radius 2 is 2.00 bits per heavy atom. The van der Waals surface area contributed by atoms with E-state index in [4.69, 9.17) is 0 Å². The van der Waals surface area contributed by atoms with Gasteiger partial charge in [-0.2, -0.15) is 4.73 Å². The molecule has 0 aromatic carbocycles. The molecular formula is C12H17NO. The van der Waals surface area contributed by atoms with E-state index < -0.39 is 0 Å². The molecule has 2 rings (SSSR count). The van der Waals surface area contributed by atoms with Gasteiger partial charge in [-0.25, -0.2) is 0 Å². The molecule has 76 valence electrons. The van der Waals surface area contributed by atoms with Crippen LogP contribution >= 0.6 is 0 Å². The summed E-state index contributed by atoms with van der Waals surface area (Å²) in [5, 5.41) is 11.6. The van der Waals surface area contributed by atoms with Gasteiger partial charge in [0.1, 0.15) is 0 Å². The first-order chi connectivity index (χ1) is 6.77. The van der Waals surface area contributed by atoms with Crippen molar-refractivity contribution in [2.24, 2.45) is 0 Å². The van der Waals surface area contributed by atoms with Gasteiger partial charge in [-0.05, 0) is 25.3 Å².